The van der Waals surface area contributed by atoms with Crippen molar-refractivity contribution in [2.24, 2.45) is 5.92 Å². The molecule has 0 N–H and O–H groups in total. The maximum atomic E-state index is 6.05. The Morgan fingerprint density at radius 3 is 2.65 bits per heavy atom. The second kappa shape index (κ2) is 7.80. The number of nitrogens with zero attached hydrogens (tertiary/aromatic N) is 3. The quantitative estimate of drug-likeness (QED) is 0.727. The molecule has 1 saturated carbocycles. The first-order chi connectivity index (χ1) is 12.7. The van der Waals surface area contributed by atoms with Gasteiger partial charge in [-0.1, -0.05) is 12.1 Å². The molecular weight excluding hydrogens is 326 g/mol. The third-order valence-electron chi connectivity index (χ3n) is 5.42. The number of hydrogen-bond acceptors (Lipinski definition) is 4. The van der Waals surface area contributed by atoms with Crippen LogP contribution in [0, 0.1) is 5.92 Å². The van der Waals surface area contributed by atoms with E-state index in [1.165, 1.54) is 29.7 Å². The van der Waals surface area contributed by atoms with Crippen LogP contribution in [0.25, 0.3) is 0 Å². The number of aryl methyl sites for hydroxylation is 1. The molecule has 5 nitrogen and oxygen atoms in total. The number of hydrogen-bond donors (Lipinski definition) is 0. The number of fused-ring (bicyclic) bond motifs is 1. The van der Waals surface area contributed by atoms with Gasteiger partial charge in [-0.25, -0.2) is 0 Å². The zero-order chi connectivity index (χ0) is 17.9. The van der Waals surface area contributed by atoms with Crippen LogP contribution >= 0.6 is 0 Å². The average molecular weight is 355 g/mol. The van der Waals surface area contributed by atoms with Crippen molar-refractivity contribution < 1.29 is 9.47 Å². The lowest BCUT2D eigenvalue weighted by molar-refractivity contribution is 0.0890. The Morgan fingerprint density at radius 2 is 1.96 bits per heavy atom. The average Bonchev–Trinajstić information content (AvgIpc) is 3.39. The first-order valence-electron chi connectivity index (χ1n) is 9.74. The molecule has 26 heavy (non-hydrogen) atoms. The fourth-order valence-electron chi connectivity index (χ4n) is 3.70. The van der Waals surface area contributed by atoms with Crippen molar-refractivity contribution >= 4 is 0 Å². The molecule has 0 unspecified atom stereocenters. The number of rotatable bonds is 8. The lowest BCUT2D eigenvalue weighted by Crippen LogP contribution is -2.34. The van der Waals surface area contributed by atoms with Gasteiger partial charge in [0.1, 0.15) is 5.75 Å². The molecule has 2 heterocycles. The van der Waals surface area contributed by atoms with E-state index in [1.54, 1.807) is 7.11 Å². The summed E-state index contributed by atoms with van der Waals surface area (Å²) in [5.74, 6) is 2.13. The highest BCUT2D eigenvalue weighted by Gasteiger charge is 2.29. The predicted octanol–water partition coefficient (Wildman–Crippen LogP) is 3.44. The third kappa shape index (κ3) is 4.10. The molecule has 5 heteroatoms. The van der Waals surface area contributed by atoms with E-state index >= 15 is 0 Å². The lowest BCUT2D eigenvalue weighted by Gasteiger charge is -2.32. The number of benzene rings is 1. The molecule has 0 bridgehead atoms. The van der Waals surface area contributed by atoms with Gasteiger partial charge in [-0.3, -0.25) is 9.58 Å². The first-order valence-corrected chi connectivity index (χ1v) is 9.74. The highest BCUT2D eigenvalue weighted by molar-refractivity contribution is 5.29. The molecule has 0 radical (unpaired) electrons. The predicted molar refractivity (Wildman–Crippen MR) is 101 cm³/mol. The first kappa shape index (κ1) is 17.6. The van der Waals surface area contributed by atoms with Crippen LogP contribution in [-0.2, 0) is 24.4 Å². The molecule has 4 rings (SSSR count). The van der Waals surface area contributed by atoms with E-state index in [1.807, 2.05) is 12.1 Å². The van der Waals surface area contributed by atoms with Crippen molar-refractivity contribution in [2.75, 3.05) is 26.9 Å². The third-order valence-corrected chi connectivity index (χ3v) is 5.42. The van der Waals surface area contributed by atoms with E-state index in [-0.39, 0.29) is 0 Å². The number of aromatic nitrogens is 2. The second-order valence-electron chi connectivity index (χ2n) is 7.58. The van der Waals surface area contributed by atoms with Gasteiger partial charge in [-0.15, -0.1) is 0 Å². The minimum Gasteiger partial charge on any atom is -0.497 e. The van der Waals surface area contributed by atoms with Crippen LogP contribution in [0.4, 0.5) is 0 Å². The molecule has 140 valence electrons. The molecule has 0 saturated heterocycles. The highest BCUT2D eigenvalue weighted by Crippen LogP contribution is 2.32. The van der Waals surface area contributed by atoms with E-state index in [9.17, 15) is 0 Å². The Balaban J connectivity index is 1.45. The Hall–Kier alpha value is -1.85. The van der Waals surface area contributed by atoms with Gasteiger partial charge in [0.25, 0.3) is 0 Å². The zero-order valence-electron chi connectivity index (χ0n) is 15.9. The van der Waals surface area contributed by atoms with E-state index in [4.69, 9.17) is 14.6 Å². The van der Waals surface area contributed by atoms with Crippen molar-refractivity contribution in [3.05, 3.63) is 47.3 Å². The summed E-state index contributed by atoms with van der Waals surface area (Å²) in [6.07, 6.45) is 4.91. The van der Waals surface area contributed by atoms with E-state index in [0.29, 0.717) is 5.92 Å². The molecule has 1 aromatic heterocycles. The van der Waals surface area contributed by atoms with E-state index < -0.39 is 0 Å². The zero-order valence-corrected chi connectivity index (χ0v) is 15.9. The van der Waals surface area contributed by atoms with Crippen LogP contribution in [0.1, 0.15) is 42.5 Å². The standard InChI is InChI=1S/C21H29N3O2/c1-3-24-12-20-18(15-26-14-17-4-5-17)11-23(13-21(20)22-24)10-16-6-8-19(25-2)9-7-16/h6-9,12,17-18H,3-5,10-11,13-15H2,1-2H3/t18-/m0/s1. The summed E-state index contributed by atoms with van der Waals surface area (Å²) >= 11 is 0. The van der Waals surface area contributed by atoms with Crippen LogP contribution in [-0.4, -0.2) is 41.5 Å². The van der Waals surface area contributed by atoms with Crippen molar-refractivity contribution in [2.45, 2.75) is 45.3 Å². The van der Waals surface area contributed by atoms with Crippen LogP contribution < -0.4 is 4.74 Å². The van der Waals surface area contributed by atoms with Crippen molar-refractivity contribution in [1.82, 2.24) is 14.7 Å². The fraction of sp³-hybridized carbons (Fsp3) is 0.571. The van der Waals surface area contributed by atoms with Gasteiger partial charge in [0.05, 0.1) is 19.4 Å². The largest absolute Gasteiger partial charge is 0.497 e. The van der Waals surface area contributed by atoms with Gasteiger partial charge in [0, 0.05) is 50.5 Å². The maximum Gasteiger partial charge on any atom is 0.118 e. The Morgan fingerprint density at radius 1 is 1.15 bits per heavy atom. The maximum absolute atomic E-state index is 6.05. The Kier molecular flexibility index (Phi) is 5.27. The smallest absolute Gasteiger partial charge is 0.118 e. The molecule has 2 aliphatic rings. The van der Waals surface area contributed by atoms with Gasteiger partial charge < -0.3 is 9.47 Å². The van der Waals surface area contributed by atoms with Crippen molar-refractivity contribution in [1.29, 1.82) is 0 Å². The summed E-state index contributed by atoms with van der Waals surface area (Å²) in [5, 5.41) is 4.79. The molecular formula is C21H29N3O2. The van der Waals surface area contributed by atoms with Gasteiger partial charge in [-0.2, -0.15) is 5.10 Å². The summed E-state index contributed by atoms with van der Waals surface area (Å²) in [7, 11) is 1.71. The molecule has 0 amide bonds. The van der Waals surface area contributed by atoms with Crippen LogP contribution in [0.5, 0.6) is 5.75 Å². The lowest BCUT2D eigenvalue weighted by atomic mass is 9.95. The topological polar surface area (TPSA) is 39.5 Å². The molecule has 0 spiro atoms. The van der Waals surface area contributed by atoms with E-state index in [2.05, 4.69) is 34.8 Å². The van der Waals surface area contributed by atoms with Gasteiger partial charge in [0.15, 0.2) is 0 Å². The van der Waals surface area contributed by atoms with Crippen molar-refractivity contribution in [3.8, 4) is 5.75 Å². The molecule has 1 aromatic carbocycles. The molecule has 1 atom stereocenters. The van der Waals surface area contributed by atoms with Crippen LogP contribution in [0.15, 0.2) is 30.5 Å². The molecule has 1 fully saturated rings. The van der Waals surface area contributed by atoms with Crippen LogP contribution in [0.3, 0.4) is 0 Å². The molecule has 1 aliphatic heterocycles. The van der Waals surface area contributed by atoms with Crippen molar-refractivity contribution in [3.63, 3.8) is 0 Å². The summed E-state index contributed by atoms with van der Waals surface area (Å²) < 4.78 is 13.4. The Bertz CT molecular complexity index is 721. The monoisotopic (exact) mass is 355 g/mol. The number of methoxy groups -OCH3 is 1. The highest BCUT2D eigenvalue weighted by atomic mass is 16.5. The minimum atomic E-state index is 0.413. The second-order valence-corrected chi connectivity index (χ2v) is 7.58. The summed E-state index contributed by atoms with van der Waals surface area (Å²) in [6, 6.07) is 8.37. The molecule has 2 aromatic rings. The van der Waals surface area contributed by atoms with E-state index in [0.717, 1.165) is 51.1 Å². The summed E-state index contributed by atoms with van der Waals surface area (Å²) in [4.78, 5) is 2.49. The number of ether oxygens (including phenoxy) is 2. The Labute approximate surface area is 155 Å². The minimum absolute atomic E-state index is 0.413. The summed E-state index contributed by atoms with van der Waals surface area (Å²) in [6.45, 7) is 7.66. The van der Waals surface area contributed by atoms with Gasteiger partial charge >= 0.3 is 0 Å². The van der Waals surface area contributed by atoms with Gasteiger partial charge in [-0.05, 0) is 43.4 Å². The molecule has 1 aliphatic carbocycles. The summed E-state index contributed by atoms with van der Waals surface area (Å²) in [5.41, 5.74) is 3.90. The normalized spacial score (nSPS) is 20.2. The SMILES string of the molecule is CCn1cc2c(n1)CN(Cc1ccc(OC)cc1)C[C@H]2COCC1CC1. The fourth-order valence-corrected chi connectivity index (χ4v) is 3.70. The van der Waals surface area contributed by atoms with Crippen LogP contribution in [0.2, 0.25) is 0 Å². The van der Waals surface area contributed by atoms with Gasteiger partial charge in [0.2, 0.25) is 0 Å².